The molecular weight excluding hydrogens is 244 g/mol. The van der Waals surface area contributed by atoms with Gasteiger partial charge in [0.2, 0.25) is 0 Å². The van der Waals surface area contributed by atoms with Crippen molar-refractivity contribution in [3.05, 3.63) is 23.1 Å². The zero-order valence-corrected chi connectivity index (χ0v) is 12.0. The molecule has 1 N–H and O–H groups in total. The van der Waals surface area contributed by atoms with Gasteiger partial charge in [-0.2, -0.15) is 0 Å². The Morgan fingerprint density at radius 1 is 1.28 bits per heavy atom. The number of aliphatic hydroxyl groups excluding tert-OH is 1. The predicted molar refractivity (Wildman–Crippen MR) is 77.3 cm³/mol. The van der Waals surface area contributed by atoms with Gasteiger partial charge in [-0.05, 0) is 38.9 Å². The van der Waals surface area contributed by atoms with Crippen LogP contribution >= 0.6 is 11.8 Å². The van der Waals surface area contributed by atoms with Crippen molar-refractivity contribution in [3.63, 3.8) is 0 Å². The SMILES string of the molecule is CS/C1=C(\n2cncc2C(C)O)CCCCCC1. The molecule has 0 radical (unpaired) electrons. The van der Waals surface area contributed by atoms with Crippen LogP contribution < -0.4 is 0 Å². The molecule has 1 aromatic rings. The Morgan fingerprint density at radius 3 is 2.67 bits per heavy atom. The third-order valence-electron chi connectivity index (χ3n) is 3.52. The first-order valence-electron chi connectivity index (χ1n) is 6.70. The van der Waals surface area contributed by atoms with Crippen LogP contribution in [0.4, 0.5) is 0 Å². The highest BCUT2D eigenvalue weighted by Gasteiger charge is 2.16. The van der Waals surface area contributed by atoms with E-state index in [0.29, 0.717) is 0 Å². The largest absolute Gasteiger partial charge is 0.387 e. The second kappa shape index (κ2) is 6.43. The van der Waals surface area contributed by atoms with Crippen LogP contribution in [0.3, 0.4) is 0 Å². The van der Waals surface area contributed by atoms with Gasteiger partial charge in [0.05, 0.1) is 24.3 Å². The smallest absolute Gasteiger partial charge is 0.0992 e. The number of rotatable bonds is 3. The molecule has 1 aliphatic rings. The molecule has 0 aliphatic heterocycles. The number of imidazole rings is 1. The Hall–Kier alpha value is -0.740. The molecule has 0 bridgehead atoms. The van der Waals surface area contributed by atoms with Crippen LogP contribution in [0.2, 0.25) is 0 Å². The molecule has 100 valence electrons. The van der Waals surface area contributed by atoms with E-state index in [1.165, 1.54) is 36.3 Å². The van der Waals surface area contributed by atoms with Crippen LogP contribution in [0, 0.1) is 0 Å². The molecule has 0 spiro atoms. The summed E-state index contributed by atoms with van der Waals surface area (Å²) in [6.07, 6.45) is 12.7. The summed E-state index contributed by atoms with van der Waals surface area (Å²) in [6, 6.07) is 0. The molecule has 1 atom stereocenters. The van der Waals surface area contributed by atoms with Crippen LogP contribution in [-0.4, -0.2) is 20.9 Å². The van der Waals surface area contributed by atoms with Gasteiger partial charge in [0.15, 0.2) is 0 Å². The lowest BCUT2D eigenvalue weighted by Crippen LogP contribution is -2.07. The van der Waals surface area contributed by atoms with Crippen LogP contribution in [0.15, 0.2) is 17.4 Å². The molecule has 4 heteroatoms. The molecule has 1 heterocycles. The topological polar surface area (TPSA) is 38.0 Å². The number of hydrogen-bond acceptors (Lipinski definition) is 3. The Morgan fingerprint density at radius 2 is 2.00 bits per heavy atom. The van der Waals surface area contributed by atoms with Crippen molar-refractivity contribution in [2.45, 2.75) is 51.6 Å². The highest BCUT2D eigenvalue weighted by atomic mass is 32.2. The minimum atomic E-state index is -0.464. The minimum Gasteiger partial charge on any atom is -0.387 e. The summed E-state index contributed by atoms with van der Waals surface area (Å²) in [5, 5.41) is 9.82. The van der Waals surface area contributed by atoms with Crippen molar-refractivity contribution in [1.82, 2.24) is 9.55 Å². The summed E-state index contributed by atoms with van der Waals surface area (Å²) in [5.41, 5.74) is 2.24. The van der Waals surface area contributed by atoms with Gasteiger partial charge in [-0.1, -0.05) is 12.8 Å². The van der Waals surface area contributed by atoms with E-state index in [0.717, 1.165) is 18.5 Å². The summed E-state index contributed by atoms with van der Waals surface area (Å²) in [7, 11) is 0. The second-order valence-electron chi connectivity index (χ2n) is 4.85. The van der Waals surface area contributed by atoms with E-state index >= 15 is 0 Å². The van der Waals surface area contributed by atoms with Crippen LogP contribution in [-0.2, 0) is 0 Å². The average molecular weight is 266 g/mol. The summed E-state index contributed by atoms with van der Waals surface area (Å²) < 4.78 is 2.10. The van der Waals surface area contributed by atoms with Crippen molar-refractivity contribution in [1.29, 1.82) is 0 Å². The monoisotopic (exact) mass is 266 g/mol. The maximum absolute atomic E-state index is 9.82. The van der Waals surface area contributed by atoms with Gasteiger partial charge < -0.3 is 9.67 Å². The van der Waals surface area contributed by atoms with Crippen molar-refractivity contribution in [2.75, 3.05) is 6.26 Å². The third-order valence-corrected chi connectivity index (χ3v) is 4.45. The lowest BCUT2D eigenvalue weighted by atomic mass is 10.0. The minimum absolute atomic E-state index is 0.464. The summed E-state index contributed by atoms with van der Waals surface area (Å²) in [6.45, 7) is 1.80. The number of nitrogens with zero attached hydrogens (tertiary/aromatic N) is 2. The molecule has 0 amide bonds. The summed E-state index contributed by atoms with van der Waals surface area (Å²) >= 11 is 1.84. The predicted octanol–water partition coefficient (Wildman–Crippen LogP) is 3.82. The molecule has 1 aliphatic carbocycles. The quantitative estimate of drug-likeness (QED) is 0.903. The molecule has 0 saturated heterocycles. The molecular formula is C14H22N2OS. The highest BCUT2D eigenvalue weighted by molar-refractivity contribution is 8.02. The first-order valence-corrected chi connectivity index (χ1v) is 7.93. The maximum Gasteiger partial charge on any atom is 0.0992 e. The first kappa shape index (κ1) is 13.7. The van der Waals surface area contributed by atoms with E-state index in [2.05, 4.69) is 15.8 Å². The molecule has 1 unspecified atom stereocenters. The van der Waals surface area contributed by atoms with Crippen LogP contribution in [0.5, 0.6) is 0 Å². The van der Waals surface area contributed by atoms with Crippen molar-refractivity contribution in [2.24, 2.45) is 0 Å². The maximum atomic E-state index is 9.82. The van der Waals surface area contributed by atoms with Gasteiger partial charge in [0.1, 0.15) is 0 Å². The van der Waals surface area contributed by atoms with Gasteiger partial charge >= 0.3 is 0 Å². The molecule has 0 saturated carbocycles. The lowest BCUT2D eigenvalue weighted by molar-refractivity contribution is 0.192. The van der Waals surface area contributed by atoms with E-state index in [9.17, 15) is 5.11 Å². The molecule has 3 nitrogen and oxygen atoms in total. The third kappa shape index (κ3) is 2.98. The molecule has 0 fully saturated rings. The van der Waals surface area contributed by atoms with E-state index in [-0.39, 0.29) is 0 Å². The van der Waals surface area contributed by atoms with Crippen molar-refractivity contribution in [3.8, 4) is 0 Å². The first-order chi connectivity index (χ1) is 8.74. The molecule has 1 aromatic heterocycles. The fourth-order valence-electron chi connectivity index (χ4n) is 2.53. The normalized spacial score (nSPS) is 23.5. The fourth-order valence-corrected chi connectivity index (χ4v) is 3.31. The van der Waals surface area contributed by atoms with Crippen LogP contribution in [0.1, 0.15) is 57.2 Å². The molecule has 0 aromatic carbocycles. The van der Waals surface area contributed by atoms with Gasteiger partial charge in [0, 0.05) is 10.6 Å². The Kier molecular flexibility index (Phi) is 4.89. The van der Waals surface area contributed by atoms with E-state index < -0.39 is 6.10 Å². The number of aliphatic hydroxyl groups is 1. The molecule has 2 rings (SSSR count). The number of thioether (sulfide) groups is 1. The summed E-state index contributed by atoms with van der Waals surface area (Å²) in [4.78, 5) is 5.65. The average Bonchev–Trinajstić information content (AvgIpc) is 2.78. The Labute approximate surface area is 113 Å². The zero-order chi connectivity index (χ0) is 13.0. The lowest BCUT2D eigenvalue weighted by Gasteiger charge is -2.20. The van der Waals surface area contributed by atoms with Gasteiger partial charge in [0.25, 0.3) is 0 Å². The van der Waals surface area contributed by atoms with E-state index in [1.807, 2.05) is 18.1 Å². The van der Waals surface area contributed by atoms with Crippen LogP contribution in [0.25, 0.3) is 5.70 Å². The number of hydrogen-bond donors (Lipinski definition) is 1. The van der Waals surface area contributed by atoms with Gasteiger partial charge in [-0.25, -0.2) is 4.98 Å². The Bertz CT molecular complexity index is 423. The van der Waals surface area contributed by atoms with Gasteiger partial charge in [-0.15, -0.1) is 11.8 Å². The highest BCUT2D eigenvalue weighted by Crippen LogP contribution is 2.33. The standard InChI is InChI=1S/C14H22N2OS/c1-11(17)13-9-15-10-16(13)12-7-5-3-4-6-8-14(12)18-2/h9-11,17H,3-8H2,1-2H3/b14-12-. The second-order valence-corrected chi connectivity index (χ2v) is 5.75. The molecule has 18 heavy (non-hydrogen) atoms. The van der Waals surface area contributed by atoms with Gasteiger partial charge in [-0.3, -0.25) is 0 Å². The van der Waals surface area contributed by atoms with E-state index in [4.69, 9.17) is 0 Å². The number of allylic oxidation sites excluding steroid dienone is 2. The zero-order valence-electron chi connectivity index (χ0n) is 11.2. The number of aromatic nitrogens is 2. The Balaban J connectivity index is 2.39. The fraction of sp³-hybridized carbons (Fsp3) is 0.643. The van der Waals surface area contributed by atoms with Crippen molar-refractivity contribution >= 4 is 17.5 Å². The van der Waals surface area contributed by atoms with E-state index in [1.54, 1.807) is 13.1 Å². The van der Waals surface area contributed by atoms with Crippen molar-refractivity contribution < 1.29 is 5.11 Å². The summed E-state index contributed by atoms with van der Waals surface area (Å²) in [5.74, 6) is 0.